The number of halogens is 2. The molecule has 1 aromatic carbocycles. The third kappa shape index (κ3) is 3.67. The third-order valence-corrected chi connectivity index (χ3v) is 4.22. The second-order valence-electron chi connectivity index (χ2n) is 5.95. The number of ether oxygens (including phenoxy) is 1. The highest BCUT2D eigenvalue weighted by Gasteiger charge is 2.36. The molecule has 1 N–H and O–H groups in total. The molecule has 0 bridgehead atoms. The van der Waals surface area contributed by atoms with Crippen LogP contribution in [0.1, 0.15) is 19.3 Å². The van der Waals surface area contributed by atoms with Crippen LogP contribution in [0.4, 0.5) is 14.5 Å². The summed E-state index contributed by atoms with van der Waals surface area (Å²) < 4.78 is 31.5. The van der Waals surface area contributed by atoms with E-state index in [1.165, 1.54) is 6.07 Å². The molecule has 7 heteroatoms. The van der Waals surface area contributed by atoms with Crippen LogP contribution in [0.3, 0.4) is 0 Å². The predicted octanol–water partition coefficient (Wildman–Crippen LogP) is 1.93. The van der Waals surface area contributed by atoms with E-state index in [1.807, 2.05) is 0 Å². The predicted molar refractivity (Wildman–Crippen MR) is 78.6 cm³/mol. The van der Waals surface area contributed by atoms with Crippen molar-refractivity contribution in [3.05, 3.63) is 29.8 Å². The van der Waals surface area contributed by atoms with Crippen molar-refractivity contribution in [3.63, 3.8) is 0 Å². The zero-order chi connectivity index (χ0) is 16.4. The normalized spacial score (nSPS) is 24.3. The lowest BCUT2D eigenvalue weighted by molar-refractivity contribution is -0.129. The molecule has 5 nitrogen and oxygen atoms in total. The molecule has 2 amide bonds. The van der Waals surface area contributed by atoms with Gasteiger partial charge in [0.05, 0.1) is 12.0 Å². The first-order valence-corrected chi connectivity index (χ1v) is 7.68. The Hall–Kier alpha value is -2.02. The standard InChI is InChI=1S/C16H18F2N2O3/c17-13-4-3-11(7-14(13)18)19-16(22)10-6-15(21)20(8-10)9-12-2-1-5-23-12/h3-4,7,10,12H,1-2,5-6,8-9H2,(H,19,22). The van der Waals surface area contributed by atoms with Gasteiger partial charge in [-0.1, -0.05) is 0 Å². The molecule has 2 aliphatic rings. The Morgan fingerprint density at radius 2 is 2.17 bits per heavy atom. The number of rotatable bonds is 4. The third-order valence-electron chi connectivity index (χ3n) is 4.22. The zero-order valence-electron chi connectivity index (χ0n) is 12.6. The Kier molecular flexibility index (Phi) is 4.56. The Morgan fingerprint density at radius 3 is 2.87 bits per heavy atom. The van der Waals surface area contributed by atoms with Gasteiger partial charge in [0, 0.05) is 37.9 Å². The van der Waals surface area contributed by atoms with Crippen molar-refractivity contribution in [2.45, 2.75) is 25.4 Å². The van der Waals surface area contributed by atoms with Gasteiger partial charge in [0.1, 0.15) is 0 Å². The number of benzene rings is 1. The average Bonchev–Trinajstić information content (AvgIpc) is 3.14. The van der Waals surface area contributed by atoms with Gasteiger partial charge in [-0.15, -0.1) is 0 Å². The van der Waals surface area contributed by atoms with Crippen molar-refractivity contribution in [1.82, 2.24) is 4.90 Å². The Labute approximate surface area is 132 Å². The highest BCUT2D eigenvalue weighted by atomic mass is 19.2. The monoisotopic (exact) mass is 324 g/mol. The number of anilines is 1. The van der Waals surface area contributed by atoms with Crippen LogP contribution in [0.5, 0.6) is 0 Å². The molecule has 124 valence electrons. The van der Waals surface area contributed by atoms with E-state index in [0.29, 0.717) is 19.7 Å². The zero-order valence-corrected chi connectivity index (χ0v) is 12.6. The summed E-state index contributed by atoms with van der Waals surface area (Å²) in [5.74, 6) is -2.92. The fraction of sp³-hybridized carbons (Fsp3) is 0.500. The lowest BCUT2D eigenvalue weighted by atomic mass is 10.1. The lowest BCUT2D eigenvalue weighted by Crippen LogP contribution is -2.34. The summed E-state index contributed by atoms with van der Waals surface area (Å²) in [7, 11) is 0. The number of amides is 2. The molecule has 0 spiro atoms. The van der Waals surface area contributed by atoms with Crippen molar-refractivity contribution in [1.29, 1.82) is 0 Å². The van der Waals surface area contributed by atoms with E-state index in [2.05, 4.69) is 5.32 Å². The minimum atomic E-state index is -1.02. The van der Waals surface area contributed by atoms with E-state index in [1.54, 1.807) is 4.90 Å². The summed E-state index contributed by atoms with van der Waals surface area (Å²) in [6.45, 7) is 1.55. The molecule has 23 heavy (non-hydrogen) atoms. The first-order chi connectivity index (χ1) is 11.0. The fourth-order valence-electron chi connectivity index (χ4n) is 2.98. The van der Waals surface area contributed by atoms with Crippen molar-refractivity contribution in [3.8, 4) is 0 Å². The van der Waals surface area contributed by atoms with Gasteiger partial charge >= 0.3 is 0 Å². The number of nitrogens with zero attached hydrogens (tertiary/aromatic N) is 1. The van der Waals surface area contributed by atoms with Crippen LogP contribution in [0, 0.1) is 17.6 Å². The van der Waals surface area contributed by atoms with E-state index >= 15 is 0 Å². The number of likely N-dealkylation sites (tertiary alicyclic amines) is 1. The van der Waals surface area contributed by atoms with Crippen LogP contribution < -0.4 is 5.32 Å². The van der Waals surface area contributed by atoms with Crippen LogP contribution in [0.15, 0.2) is 18.2 Å². The molecule has 2 heterocycles. The average molecular weight is 324 g/mol. The summed E-state index contributed by atoms with van der Waals surface area (Å²) in [5, 5.41) is 2.53. The molecule has 0 saturated carbocycles. The van der Waals surface area contributed by atoms with Crippen molar-refractivity contribution in [2.75, 3.05) is 25.0 Å². The first-order valence-electron chi connectivity index (χ1n) is 7.68. The molecule has 2 atom stereocenters. The van der Waals surface area contributed by atoms with Gasteiger partial charge in [0.15, 0.2) is 11.6 Å². The highest BCUT2D eigenvalue weighted by Crippen LogP contribution is 2.23. The Balaban J connectivity index is 1.57. The summed E-state index contributed by atoms with van der Waals surface area (Å²) in [6.07, 6.45) is 2.09. The second-order valence-corrected chi connectivity index (χ2v) is 5.95. The van der Waals surface area contributed by atoms with Crippen LogP contribution in [-0.4, -0.2) is 42.5 Å². The summed E-state index contributed by atoms with van der Waals surface area (Å²) in [5.41, 5.74) is 0.180. The maximum Gasteiger partial charge on any atom is 0.229 e. The molecular formula is C16H18F2N2O3. The number of carbonyl (C=O) groups excluding carboxylic acids is 2. The number of hydrogen-bond acceptors (Lipinski definition) is 3. The second kappa shape index (κ2) is 6.62. The Morgan fingerprint density at radius 1 is 1.35 bits per heavy atom. The molecule has 2 saturated heterocycles. The molecule has 1 aromatic rings. The molecular weight excluding hydrogens is 306 g/mol. The van der Waals surface area contributed by atoms with E-state index < -0.39 is 17.6 Å². The van der Waals surface area contributed by atoms with Crippen molar-refractivity contribution in [2.24, 2.45) is 5.92 Å². The highest BCUT2D eigenvalue weighted by molar-refractivity contribution is 5.97. The number of hydrogen-bond donors (Lipinski definition) is 1. The largest absolute Gasteiger partial charge is 0.376 e. The SMILES string of the molecule is O=C(Nc1ccc(F)c(F)c1)C1CC(=O)N(CC2CCCO2)C1. The van der Waals surface area contributed by atoms with Gasteiger partial charge in [0.25, 0.3) is 0 Å². The number of carbonyl (C=O) groups is 2. The van der Waals surface area contributed by atoms with Gasteiger partial charge in [0.2, 0.25) is 11.8 Å². The van der Waals surface area contributed by atoms with E-state index in [-0.39, 0.29) is 30.0 Å². The maximum absolute atomic E-state index is 13.2. The summed E-state index contributed by atoms with van der Waals surface area (Å²) >= 11 is 0. The van der Waals surface area contributed by atoms with Crippen molar-refractivity contribution < 1.29 is 23.1 Å². The summed E-state index contributed by atoms with van der Waals surface area (Å²) in [6, 6.07) is 3.17. The van der Waals surface area contributed by atoms with Crippen LogP contribution >= 0.6 is 0 Å². The van der Waals surface area contributed by atoms with Gasteiger partial charge in [-0.05, 0) is 25.0 Å². The molecule has 2 unspecified atom stereocenters. The Bertz CT molecular complexity index is 617. The van der Waals surface area contributed by atoms with E-state index in [4.69, 9.17) is 4.74 Å². The molecule has 0 radical (unpaired) electrons. The summed E-state index contributed by atoms with van der Waals surface area (Å²) in [4.78, 5) is 25.9. The molecule has 2 aliphatic heterocycles. The van der Waals surface area contributed by atoms with Crippen LogP contribution in [0.25, 0.3) is 0 Å². The van der Waals surface area contributed by atoms with Crippen LogP contribution in [-0.2, 0) is 14.3 Å². The van der Waals surface area contributed by atoms with E-state index in [9.17, 15) is 18.4 Å². The van der Waals surface area contributed by atoms with Crippen molar-refractivity contribution >= 4 is 17.5 Å². The minimum absolute atomic E-state index is 0.0481. The fourth-order valence-corrected chi connectivity index (χ4v) is 2.98. The van der Waals surface area contributed by atoms with Gasteiger partial charge in [-0.2, -0.15) is 0 Å². The smallest absolute Gasteiger partial charge is 0.229 e. The number of nitrogens with one attached hydrogen (secondary N) is 1. The molecule has 3 rings (SSSR count). The van der Waals surface area contributed by atoms with Gasteiger partial charge in [-0.25, -0.2) is 8.78 Å². The van der Waals surface area contributed by atoms with Gasteiger partial charge in [-0.3, -0.25) is 9.59 Å². The quantitative estimate of drug-likeness (QED) is 0.921. The van der Waals surface area contributed by atoms with Gasteiger partial charge < -0.3 is 15.0 Å². The minimum Gasteiger partial charge on any atom is -0.376 e. The van der Waals surface area contributed by atoms with Crippen LogP contribution in [0.2, 0.25) is 0 Å². The molecule has 0 aliphatic carbocycles. The lowest BCUT2D eigenvalue weighted by Gasteiger charge is -2.20. The molecule has 2 fully saturated rings. The maximum atomic E-state index is 13.2. The molecule has 0 aromatic heterocycles. The van der Waals surface area contributed by atoms with E-state index in [0.717, 1.165) is 25.0 Å². The topological polar surface area (TPSA) is 58.6 Å². The first kappa shape index (κ1) is 15.9.